The first-order chi connectivity index (χ1) is 5.86. The molecule has 12 heavy (non-hydrogen) atoms. The predicted molar refractivity (Wildman–Crippen MR) is 48.6 cm³/mol. The van der Waals surface area contributed by atoms with Gasteiger partial charge in [-0.2, -0.15) is 0 Å². The summed E-state index contributed by atoms with van der Waals surface area (Å²) in [6, 6.07) is 7.38. The van der Waals surface area contributed by atoms with Gasteiger partial charge in [0.2, 0.25) is 0 Å². The number of aromatic hydroxyl groups is 1. The van der Waals surface area contributed by atoms with Crippen LogP contribution in [0.3, 0.4) is 0 Å². The Hall–Kier alpha value is -0.670. The van der Waals surface area contributed by atoms with Gasteiger partial charge >= 0.3 is 0 Å². The summed E-state index contributed by atoms with van der Waals surface area (Å²) >= 11 is 1.64. The van der Waals surface area contributed by atoms with Crippen molar-refractivity contribution in [2.24, 2.45) is 0 Å². The molecular weight excluding hydrogens is 172 g/mol. The number of benzene rings is 1. The van der Waals surface area contributed by atoms with E-state index in [4.69, 9.17) is 4.74 Å². The number of epoxide rings is 1. The summed E-state index contributed by atoms with van der Waals surface area (Å²) < 4.78 is 5.07. The topological polar surface area (TPSA) is 32.8 Å². The van der Waals surface area contributed by atoms with Crippen molar-refractivity contribution in [3.05, 3.63) is 24.3 Å². The predicted octanol–water partition coefficient (Wildman–Crippen LogP) is 1.88. The van der Waals surface area contributed by atoms with Crippen LogP contribution in [0.25, 0.3) is 0 Å². The van der Waals surface area contributed by atoms with Gasteiger partial charge in [0.15, 0.2) is 0 Å². The van der Waals surface area contributed by atoms with E-state index in [0.717, 1.165) is 17.3 Å². The highest BCUT2D eigenvalue weighted by molar-refractivity contribution is 7.99. The number of hydrogen-bond donors (Lipinski definition) is 1. The van der Waals surface area contributed by atoms with Gasteiger partial charge in [-0.15, -0.1) is 11.8 Å². The molecule has 0 aliphatic carbocycles. The largest absolute Gasteiger partial charge is 0.507 e. The molecule has 1 atom stereocenters. The first kappa shape index (κ1) is 7.95. The van der Waals surface area contributed by atoms with E-state index in [9.17, 15) is 5.11 Å². The zero-order chi connectivity index (χ0) is 8.39. The lowest BCUT2D eigenvalue weighted by Gasteiger charge is -2.00. The van der Waals surface area contributed by atoms with Gasteiger partial charge in [0.1, 0.15) is 5.75 Å². The third-order valence-corrected chi connectivity index (χ3v) is 2.89. The Bertz CT molecular complexity index is 271. The van der Waals surface area contributed by atoms with Crippen molar-refractivity contribution in [2.75, 3.05) is 12.4 Å². The minimum Gasteiger partial charge on any atom is -0.507 e. The van der Waals surface area contributed by atoms with E-state index < -0.39 is 0 Å². The summed E-state index contributed by atoms with van der Waals surface area (Å²) in [6.45, 7) is 0.876. The standard InChI is InChI=1S/C9H10O2S/c10-8-3-1-2-4-9(8)12-6-7-5-11-7/h1-4,7,10H,5-6H2/t7-/m1/s1. The van der Waals surface area contributed by atoms with Gasteiger partial charge in [0.05, 0.1) is 12.7 Å². The third kappa shape index (κ3) is 1.93. The quantitative estimate of drug-likeness (QED) is 0.572. The zero-order valence-corrected chi connectivity index (χ0v) is 7.38. The molecule has 1 aromatic rings. The maximum absolute atomic E-state index is 9.38. The fraction of sp³-hybridized carbons (Fsp3) is 0.333. The molecule has 0 spiro atoms. The molecule has 1 aliphatic heterocycles. The number of phenolic OH excluding ortho intramolecular Hbond substituents is 1. The first-order valence-electron chi connectivity index (χ1n) is 3.88. The fourth-order valence-corrected chi connectivity index (χ4v) is 1.87. The van der Waals surface area contributed by atoms with Gasteiger partial charge in [0.25, 0.3) is 0 Å². The van der Waals surface area contributed by atoms with E-state index in [1.165, 1.54) is 0 Å². The van der Waals surface area contributed by atoms with Gasteiger partial charge < -0.3 is 9.84 Å². The second-order valence-corrected chi connectivity index (χ2v) is 3.80. The number of para-hydroxylation sites is 1. The second kappa shape index (κ2) is 3.37. The van der Waals surface area contributed by atoms with E-state index in [2.05, 4.69) is 0 Å². The van der Waals surface area contributed by atoms with Crippen molar-refractivity contribution in [3.8, 4) is 5.75 Å². The van der Waals surface area contributed by atoms with Gasteiger partial charge in [-0.25, -0.2) is 0 Å². The number of hydrogen-bond acceptors (Lipinski definition) is 3. The fourth-order valence-electron chi connectivity index (χ4n) is 0.926. The van der Waals surface area contributed by atoms with Crippen molar-refractivity contribution in [1.82, 2.24) is 0 Å². The average Bonchev–Trinajstić information content (AvgIpc) is 2.86. The van der Waals surface area contributed by atoms with Crippen LogP contribution in [0.5, 0.6) is 5.75 Å². The van der Waals surface area contributed by atoms with E-state index in [-0.39, 0.29) is 0 Å². The maximum Gasteiger partial charge on any atom is 0.129 e. The summed E-state index contributed by atoms with van der Waals surface area (Å²) in [5.41, 5.74) is 0. The lowest BCUT2D eigenvalue weighted by Crippen LogP contribution is -1.88. The molecule has 0 bridgehead atoms. The molecule has 0 amide bonds. The van der Waals surface area contributed by atoms with Crippen molar-refractivity contribution < 1.29 is 9.84 Å². The Morgan fingerprint density at radius 1 is 1.50 bits per heavy atom. The third-order valence-electron chi connectivity index (χ3n) is 1.69. The highest BCUT2D eigenvalue weighted by Crippen LogP contribution is 2.30. The van der Waals surface area contributed by atoms with Crippen LogP contribution in [-0.4, -0.2) is 23.6 Å². The molecule has 0 radical (unpaired) electrons. The van der Waals surface area contributed by atoms with Crippen LogP contribution < -0.4 is 0 Å². The summed E-state index contributed by atoms with van der Waals surface area (Å²) in [7, 11) is 0. The molecule has 0 saturated carbocycles. The van der Waals surface area contributed by atoms with Crippen LogP contribution in [0, 0.1) is 0 Å². The first-order valence-corrected chi connectivity index (χ1v) is 4.87. The molecule has 2 nitrogen and oxygen atoms in total. The zero-order valence-electron chi connectivity index (χ0n) is 6.56. The van der Waals surface area contributed by atoms with E-state index in [1.807, 2.05) is 18.2 Å². The highest BCUT2D eigenvalue weighted by atomic mass is 32.2. The Kier molecular flexibility index (Phi) is 2.23. The second-order valence-electron chi connectivity index (χ2n) is 2.73. The Morgan fingerprint density at radius 3 is 2.92 bits per heavy atom. The molecule has 1 saturated heterocycles. The van der Waals surface area contributed by atoms with Crippen molar-refractivity contribution >= 4 is 11.8 Å². The van der Waals surface area contributed by atoms with Gasteiger partial charge in [-0.3, -0.25) is 0 Å². The molecule has 1 N–H and O–H groups in total. The van der Waals surface area contributed by atoms with Gasteiger partial charge in [-0.1, -0.05) is 12.1 Å². The monoisotopic (exact) mass is 182 g/mol. The maximum atomic E-state index is 9.38. The van der Waals surface area contributed by atoms with Gasteiger partial charge in [0, 0.05) is 10.6 Å². The SMILES string of the molecule is Oc1ccccc1SC[C@H]1CO1. The molecule has 1 fully saturated rings. The summed E-state index contributed by atoms with van der Waals surface area (Å²) in [6.07, 6.45) is 0.412. The lowest BCUT2D eigenvalue weighted by atomic mass is 10.3. The molecule has 1 aromatic carbocycles. The molecule has 1 aliphatic rings. The van der Waals surface area contributed by atoms with E-state index >= 15 is 0 Å². The average molecular weight is 182 g/mol. The minimum absolute atomic E-state index is 0.364. The Morgan fingerprint density at radius 2 is 2.25 bits per heavy atom. The summed E-state index contributed by atoms with van der Waals surface area (Å²) in [4.78, 5) is 0.938. The van der Waals surface area contributed by atoms with Crippen LogP contribution in [0.15, 0.2) is 29.2 Å². The molecule has 0 unspecified atom stereocenters. The molecule has 0 aromatic heterocycles. The summed E-state index contributed by atoms with van der Waals surface area (Å²) in [5, 5.41) is 9.38. The molecule has 2 rings (SSSR count). The number of thioether (sulfide) groups is 1. The number of ether oxygens (including phenoxy) is 1. The lowest BCUT2D eigenvalue weighted by molar-refractivity contribution is 0.426. The molecule has 1 heterocycles. The van der Waals surface area contributed by atoms with E-state index in [1.54, 1.807) is 17.8 Å². The Balaban J connectivity index is 1.96. The van der Waals surface area contributed by atoms with Crippen molar-refractivity contribution in [2.45, 2.75) is 11.0 Å². The summed E-state index contributed by atoms with van der Waals surface area (Å²) in [5.74, 6) is 1.31. The van der Waals surface area contributed by atoms with Crippen LogP contribution in [0.2, 0.25) is 0 Å². The van der Waals surface area contributed by atoms with Crippen molar-refractivity contribution in [3.63, 3.8) is 0 Å². The van der Waals surface area contributed by atoms with Gasteiger partial charge in [-0.05, 0) is 12.1 Å². The van der Waals surface area contributed by atoms with Crippen LogP contribution in [-0.2, 0) is 4.74 Å². The molecular formula is C9H10O2S. The van der Waals surface area contributed by atoms with Crippen molar-refractivity contribution in [1.29, 1.82) is 0 Å². The highest BCUT2D eigenvalue weighted by Gasteiger charge is 2.22. The number of rotatable bonds is 3. The van der Waals surface area contributed by atoms with Crippen LogP contribution in [0.1, 0.15) is 0 Å². The van der Waals surface area contributed by atoms with Crippen LogP contribution >= 0.6 is 11.8 Å². The number of phenols is 1. The molecule has 64 valence electrons. The normalized spacial score (nSPS) is 20.8. The Labute approximate surface area is 75.6 Å². The van der Waals surface area contributed by atoms with E-state index in [0.29, 0.717) is 11.9 Å². The minimum atomic E-state index is 0.364. The molecule has 3 heteroatoms. The van der Waals surface area contributed by atoms with Crippen LogP contribution in [0.4, 0.5) is 0 Å². The smallest absolute Gasteiger partial charge is 0.129 e.